The number of nitrogens with zero attached hydrogens (tertiary/aromatic N) is 2. The lowest BCUT2D eigenvalue weighted by Crippen LogP contribution is -2.55. The van der Waals surface area contributed by atoms with E-state index >= 15 is 0 Å². The average molecular weight is 395 g/mol. The molecular formula is C20H30N2O4S. The van der Waals surface area contributed by atoms with E-state index in [9.17, 15) is 13.2 Å². The van der Waals surface area contributed by atoms with Crippen LogP contribution in [0.2, 0.25) is 0 Å². The summed E-state index contributed by atoms with van der Waals surface area (Å²) >= 11 is 0. The highest BCUT2D eigenvalue weighted by Crippen LogP contribution is 2.31. The summed E-state index contributed by atoms with van der Waals surface area (Å²) in [5.74, 6) is -0.184. The Morgan fingerprint density at radius 1 is 1.07 bits per heavy atom. The summed E-state index contributed by atoms with van der Waals surface area (Å²) in [6, 6.07) is 7.18. The molecule has 1 aliphatic heterocycles. The molecule has 150 valence electrons. The van der Waals surface area contributed by atoms with Gasteiger partial charge in [0.25, 0.3) is 0 Å². The highest BCUT2D eigenvalue weighted by Gasteiger charge is 2.38. The molecule has 3 rings (SSSR count). The number of carbonyl (C=O) groups is 1. The van der Waals surface area contributed by atoms with Gasteiger partial charge in [0.15, 0.2) is 0 Å². The summed E-state index contributed by atoms with van der Waals surface area (Å²) in [6.45, 7) is 6.43. The zero-order valence-electron chi connectivity index (χ0n) is 16.3. The molecule has 0 aromatic heterocycles. The van der Waals surface area contributed by atoms with E-state index in [1.165, 1.54) is 0 Å². The van der Waals surface area contributed by atoms with Crippen LogP contribution < -0.4 is 0 Å². The SMILES string of the molecule is CCOC(=O)[C@H]1CCCC[C@@H]1N1CCN(S(=O)(=O)c2ccc(C)cc2)CC1. The largest absolute Gasteiger partial charge is 0.466 e. The predicted molar refractivity (Wildman–Crippen MR) is 104 cm³/mol. The number of benzene rings is 1. The van der Waals surface area contributed by atoms with Crippen molar-refractivity contribution in [2.45, 2.75) is 50.5 Å². The van der Waals surface area contributed by atoms with Crippen LogP contribution in [0.3, 0.4) is 0 Å². The first-order valence-corrected chi connectivity index (χ1v) is 11.3. The monoisotopic (exact) mass is 394 g/mol. The Morgan fingerprint density at radius 2 is 1.70 bits per heavy atom. The molecule has 1 heterocycles. The summed E-state index contributed by atoms with van der Waals surface area (Å²) in [5.41, 5.74) is 1.04. The molecule has 27 heavy (non-hydrogen) atoms. The van der Waals surface area contributed by atoms with Crippen molar-refractivity contribution in [1.82, 2.24) is 9.21 Å². The Balaban J connectivity index is 1.65. The number of esters is 1. The normalized spacial score (nSPS) is 25.3. The van der Waals surface area contributed by atoms with Gasteiger partial charge in [-0.2, -0.15) is 4.31 Å². The van der Waals surface area contributed by atoms with Crippen molar-refractivity contribution >= 4 is 16.0 Å². The maximum atomic E-state index is 12.9. The highest BCUT2D eigenvalue weighted by atomic mass is 32.2. The smallest absolute Gasteiger partial charge is 0.310 e. The van der Waals surface area contributed by atoms with Crippen LogP contribution in [-0.2, 0) is 19.6 Å². The number of carbonyl (C=O) groups excluding carboxylic acids is 1. The number of ether oxygens (including phenoxy) is 1. The van der Waals surface area contributed by atoms with Crippen LogP contribution in [0.1, 0.15) is 38.2 Å². The van der Waals surface area contributed by atoms with Gasteiger partial charge in [-0.05, 0) is 38.8 Å². The second-order valence-corrected chi connectivity index (χ2v) is 9.40. The molecule has 0 amide bonds. The minimum absolute atomic E-state index is 0.0843. The maximum Gasteiger partial charge on any atom is 0.310 e. The van der Waals surface area contributed by atoms with E-state index in [4.69, 9.17) is 4.74 Å². The van der Waals surface area contributed by atoms with Crippen LogP contribution >= 0.6 is 0 Å². The Hall–Kier alpha value is -1.44. The van der Waals surface area contributed by atoms with Crippen LogP contribution in [0.5, 0.6) is 0 Å². The van der Waals surface area contributed by atoms with E-state index in [0.29, 0.717) is 37.7 Å². The lowest BCUT2D eigenvalue weighted by molar-refractivity contribution is -0.152. The molecule has 0 bridgehead atoms. The number of piperazine rings is 1. The third-order valence-electron chi connectivity index (χ3n) is 5.72. The van der Waals surface area contributed by atoms with E-state index < -0.39 is 10.0 Å². The van der Waals surface area contributed by atoms with Crippen molar-refractivity contribution in [3.8, 4) is 0 Å². The van der Waals surface area contributed by atoms with Crippen molar-refractivity contribution in [3.63, 3.8) is 0 Å². The molecular weight excluding hydrogens is 364 g/mol. The molecule has 0 N–H and O–H groups in total. The van der Waals surface area contributed by atoms with Gasteiger partial charge in [0.2, 0.25) is 10.0 Å². The van der Waals surface area contributed by atoms with Crippen LogP contribution in [0.4, 0.5) is 0 Å². The van der Waals surface area contributed by atoms with Gasteiger partial charge in [0.1, 0.15) is 0 Å². The van der Waals surface area contributed by atoms with Gasteiger partial charge in [0, 0.05) is 32.2 Å². The van der Waals surface area contributed by atoms with Crippen LogP contribution in [0.25, 0.3) is 0 Å². The molecule has 0 radical (unpaired) electrons. The van der Waals surface area contributed by atoms with Crippen LogP contribution in [0, 0.1) is 12.8 Å². The maximum absolute atomic E-state index is 12.9. The summed E-state index contributed by atoms with van der Waals surface area (Å²) < 4.78 is 32.6. The minimum atomic E-state index is -3.46. The van der Waals surface area contributed by atoms with Crippen LogP contribution in [-0.4, -0.2) is 62.4 Å². The molecule has 1 saturated carbocycles. The zero-order valence-corrected chi connectivity index (χ0v) is 17.1. The second kappa shape index (κ2) is 8.71. The number of aryl methyl sites for hydroxylation is 1. The molecule has 1 saturated heterocycles. The number of hydrogen-bond donors (Lipinski definition) is 0. The second-order valence-electron chi connectivity index (χ2n) is 7.46. The first kappa shape index (κ1) is 20.3. The highest BCUT2D eigenvalue weighted by molar-refractivity contribution is 7.89. The molecule has 2 atom stereocenters. The molecule has 2 fully saturated rings. The Labute approximate surface area is 162 Å². The van der Waals surface area contributed by atoms with Crippen molar-refractivity contribution in [1.29, 1.82) is 0 Å². The first-order chi connectivity index (χ1) is 12.9. The summed E-state index contributed by atoms with van der Waals surface area (Å²) in [7, 11) is -3.46. The van der Waals surface area contributed by atoms with Crippen LogP contribution in [0.15, 0.2) is 29.2 Å². The molecule has 1 aliphatic carbocycles. The molecule has 0 spiro atoms. The Kier molecular flexibility index (Phi) is 6.55. The lowest BCUT2D eigenvalue weighted by atomic mass is 9.83. The van der Waals surface area contributed by atoms with Gasteiger partial charge in [-0.15, -0.1) is 0 Å². The number of hydrogen-bond acceptors (Lipinski definition) is 5. The molecule has 6 nitrogen and oxygen atoms in total. The Bertz CT molecular complexity index is 740. The van der Waals surface area contributed by atoms with Crippen molar-refractivity contribution in [3.05, 3.63) is 29.8 Å². The van der Waals surface area contributed by atoms with Gasteiger partial charge in [0.05, 0.1) is 17.4 Å². The molecule has 0 unspecified atom stereocenters. The minimum Gasteiger partial charge on any atom is -0.466 e. The summed E-state index contributed by atoms with van der Waals surface area (Å²) in [6.07, 6.45) is 4.02. The van der Waals surface area contributed by atoms with E-state index in [1.54, 1.807) is 16.4 Å². The Morgan fingerprint density at radius 3 is 2.33 bits per heavy atom. The zero-order chi connectivity index (χ0) is 19.4. The molecule has 2 aliphatic rings. The van der Waals surface area contributed by atoms with Crippen molar-refractivity contribution < 1.29 is 17.9 Å². The third-order valence-corrected chi connectivity index (χ3v) is 7.63. The molecule has 1 aromatic rings. The number of sulfonamides is 1. The topological polar surface area (TPSA) is 66.9 Å². The predicted octanol–water partition coefficient (Wildman–Crippen LogP) is 2.42. The fourth-order valence-corrected chi connectivity index (χ4v) is 5.63. The first-order valence-electron chi connectivity index (χ1n) is 9.91. The molecule has 1 aromatic carbocycles. The van der Waals surface area contributed by atoms with E-state index in [0.717, 1.165) is 31.2 Å². The number of rotatable bonds is 5. The summed E-state index contributed by atoms with van der Waals surface area (Å²) in [5, 5.41) is 0. The fraction of sp³-hybridized carbons (Fsp3) is 0.650. The van der Waals surface area contributed by atoms with Gasteiger partial charge < -0.3 is 4.74 Å². The van der Waals surface area contributed by atoms with Gasteiger partial charge in [-0.3, -0.25) is 9.69 Å². The van der Waals surface area contributed by atoms with Crippen molar-refractivity contribution in [2.24, 2.45) is 5.92 Å². The van der Waals surface area contributed by atoms with Gasteiger partial charge in [-0.1, -0.05) is 30.5 Å². The van der Waals surface area contributed by atoms with E-state index in [2.05, 4.69) is 4.90 Å². The summed E-state index contributed by atoms with van der Waals surface area (Å²) in [4.78, 5) is 15.0. The van der Waals surface area contributed by atoms with Gasteiger partial charge in [-0.25, -0.2) is 8.42 Å². The standard InChI is InChI=1S/C20H30N2O4S/c1-3-26-20(23)18-6-4-5-7-19(18)21-12-14-22(15-13-21)27(24,25)17-10-8-16(2)9-11-17/h8-11,18-19H,3-7,12-15H2,1-2H3/t18-,19-/m0/s1. The van der Waals surface area contributed by atoms with E-state index in [-0.39, 0.29) is 17.9 Å². The van der Waals surface area contributed by atoms with Crippen molar-refractivity contribution in [2.75, 3.05) is 32.8 Å². The average Bonchev–Trinajstić information content (AvgIpc) is 2.68. The quantitative estimate of drug-likeness (QED) is 0.718. The fourth-order valence-electron chi connectivity index (χ4n) is 4.21. The lowest BCUT2D eigenvalue weighted by Gasteiger charge is -2.43. The third kappa shape index (κ3) is 4.52. The molecule has 7 heteroatoms. The van der Waals surface area contributed by atoms with E-state index in [1.807, 2.05) is 26.0 Å². The van der Waals surface area contributed by atoms with Gasteiger partial charge >= 0.3 is 5.97 Å².